The maximum atomic E-state index is 4.50. The smallest absolute Gasteiger partial charge is 0.202 e. The topological polar surface area (TPSA) is 33.1 Å². The molecule has 0 aromatic carbocycles. The Morgan fingerprint density at radius 3 is 2.65 bits per heavy atom. The molecule has 0 amide bonds. The lowest BCUT2D eigenvalue weighted by atomic mass is 10.1. The van der Waals surface area contributed by atoms with Gasteiger partial charge in [0.15, 0.2) is 0 Å². The number of nitrogens with one attached hydrogen (secondary N) is 1. The van der Waals surface area contributed by atoms with E-state index in [9.17, 15) is 0 Å². The molecule has 2 rings (SSSR count). The van der Waals surface area contributed by atoms with Crippen molar-refractivity contribution >= 4 is 5.95 Å². The molecule has 17 heavy (non-hydrogen) atoms. The van der Waals surface area contributed by atoms with Gasteiger partial charge in [0.05, 0.1) is 5.69 Å². The SMILES string of the molecule is CCCN1CCC(Nc2nc(C)cn2C)CC1. The number of imidazole rings is 1. The van der Waals surface area contributed by atoms with Crippen LogP contribution >= 0.6 is 0 Å². The molecule has 0 spiro atoms. The quantitative estimate of drug-likeness (QED) is 0.868. The second kappa shape index (κ2) is 5.54. The van der Waals surface area contributed by atoms with Crippen LogP contribution in [0.3, 0.4) is 0 Å². The number of piperidine rings is 1. The molecular weight excluding hydrogens is 212 g/mol. The van der Waals surface area contributed by atoms with Crippen molar-refractivity contribution in [2.24, 2.45) is 7.05 Å². The van der Waals surface area contributed by atoms with E-state index in [1.54, 1.807) is 0 Å². The summed E-state index contributed by atoms with van der Waals surface area (Å²) < 4.78 is 2.08. The molecule has 1 aromatic heterocycles. The zero-order chi connectivity index (χ0) is 12.3. The molecule has 0 unspecified atom stereocenters. The molecule has 2 heterocycles. The highest BCUT2D eigenvalue weighted by atomic mass is 15.2. The van der Waals surface area contributed by atoms with Crippen LogP contribution in [0.15, 0.2) is 6.20 Å². The van der Waals surface area contributed by atoms with Gasteiger partial charge in [0.25, 0.3) is 0 Å². The third kappa shape index (κ3) is 3.22. The molecule has 1 fully saturated rings. The molecule has 0 atom stereocenters. The Morgan fingerprint density at radius 2 is 2.12 bits per heavy atom. The number of anilines is 1. The molecule has 4 heteroatoms. The second-order valence-corrected chi connectivity index (χ2v) is 5.08. The van der Waals surface area contributed by atoms with Gasteiger partial charge in [-0.15, -0.1) is 0 Å². The highest BCUT2D eigenvalue weighted by molar-refractivity contribution is 5.29. The minimum Gasteiger partial charge on any atom is -0.353 e. The van der Waals surface area contributed by atoms with E-state index in [2.05, 4.69) is 39.9 Å². The standard InChI is InChI=1S/C13H24N4/c1-4-7-17-8-5-12(6-9-17)15-13-14-11(2)10-16(13)3/h10,12H,4-9H2,1-3H3,(H,14,15). The van der Waals surface area contributed by atoms with Gasteiger partial charge in [-0.3, -0.25) is 0 Å². The van der Waals surface area contributed by atoms with Gasteiger partial charge in [0.2, 0.25) is 5.95 Å². The van der Waals surface area contributed by atoms with Gasteiger partial charge < -0.3 is 14.8 Å². The van der Waals surface area contributed by atoms with Gasteiger partial charge in [0, 0.05) is 32.4 Å². The van der Waals surface area contributed by atoms with Crippen LogP contribution in [0.25, 0.3) is 0 Å². The van der Waals surface area contributed by atoms with Crippen molar-refractivity contribution in [1.82, 2.24) is 14.5 Å². The Bertz CT molecular complexity index is 350. The van der Waals surface area contributed by atoms with Crippen LogP contribution in [0.5, 0.6) is 0 Å². The van der Waals surface area contributed by atoms with E-state index in [0.717, 1.165) is 11.6 Å². The molecule has 1 aliphatic rings. The van der Waals surface area contributed by atoms with Crippen LogP contribution in [0.2, 0.25) is 0 Å². The van der Waals surface area contributed by atoms with E-state index < -0.39 is 0 Å². The first-order valence-corrected chi connectivity index (χ1v) is 6.68. The maximum absolute atomic E-state index is 4.50. The fraction of sp³-hybridized carbons (Fsp3) is 0.769. The summed E-state index contributed by atoms with van der Waals surface area (Å²) in [6.07, 6.45) is 5.78. The zero-order valence-electron chi connectivity index (χ0n) is 11.2. The molecule has 0 aliphatic carbocycles. The largest absolute Gasteiger partial charge is 0.353 e. The Hall–Kier alpha value is -1.03. The molecule has 1 aromatic rings. The van der Waals surface area contributed by atoms with E-state index in [1.807, 2.05) is 6.92 Å². The number of aryl methyl sites for hydroxylation is 2. The van der Waals surface area contributed by atoms with Crippen LogP contribution < -0.4 is 5.32 Å². The average molecular weight is 236 g/mol. The van der Waals surface area contributed by atoms with E-state index in [4.69, 9.17) is 0 Å². The maximum Gasteiger partial charge on any atom is 0.202 e. The fourth-order valence-electron chi connectivity index (χ4n) is 2.55. The van der Waals surface area contributed by atoms with Gasteiger partial charge in [0.1, 0.15) is 0 Å². The first-order valence-electron chi connectivity index (χ1n) is 6.68. The van der Waals surface area contributed by atoms with Crippen LogP contribution in [-0.4, -0.2) is 40.1 Å². The molecule has 1 N–H and O–H groups in total. The summed E-state index contributed by atoms with van der Waals surface area (Å²) in [7, 11) is 2.05. The molecule has 0 radical (unpaired) electrons. The Morgan fingerprint density at radius 1 is 1.41 bits per heavy atom. The highest BCUT2D eigenvalue weighted by Gasteiger charge is 2.19. The van der Waals surface area contributed by atoms with Gasteiger partial charge in [-0.1, -0.05) is 6.92 Å². The van der Waals surface area contributed by atoms with Gasteiger partial charge in [-0.05, 0) is 32.7 Å². The minimum atomic E-state index is 0.587. The molecule has 1 aliphatic heterocycles. The second-order valence-electron chi connectivity index (χ2n) is 5.08. The summed E-state index contributed by atoms with van der Waals surface area (Å²) in [4.78, 5) is 7.06. The van der Waals surface area contributed by atoms with Gasteiger partial charge in [-0.2, -0.15) is 0 Å². The normalized spacial score (nSPS) is 18.5. The number of nitrogens with zero attached hydrogens (tertiary/aromatic N) is 3. The first kappa shape index (κ1) is 12.4. The van der Waals surface area contributed by atoms with Crippen molar-refractivity contribution in [2.75, 3.05) is 25.0 Å². The van der Waals surface area contributed by atoms with E-state index in [1.165, 1.54) is 38.9 Å². The van der Waals surface area contributed by atoms with Crippen LogP contribution in [0.4, 0.5) is 5.95 Å². The van der Waals surface area contributed by atoms with Crippen molar-refractivity contribution in [3.8, 4) is 0 Å². The Kier molecular flexibility index (Phi) is 4.05. The summed E-state index contributed by atoms with van der Waals surface area (Å²) in [6.45, 7) is 7.97. The number of rotatable bonds is 4. The molecule has 1 saturated heterocycles. The molecule has 0 bridgehead atoms. The number of hydrogen-bond donors (Lipinski definition) is 1. The van der Waals surface area contributed by atoms with Crippen molar-refractivity contribution in [1.29, 1.82) is 0 Å². The predicted molar refractivity (Wildman–Crippen MR) is 71.3 cm³/mol. The van der Waals surface area contributed by atoms with Crippen molar-refractivity contribution in [3.63, 3.8) is 0 Å². The highest BCUT2D eigenvalue weighted by Crippen LogP contribution is 2.16. The van der Waals surface area contributed by atoms with Crippen molar-refractivity contribution < 1.29 is 0 Å². The summed E-state index contributed by atoms with van der Waals surface area (Å²) in [6, 6.07) is 0.587. The lowest BCUT2D eigenvalue weighted by Crippen LogP contribution is -2.39. The monoisotopic (exact) mass is 236 g/mol. The van der Waals surface area contributed by atoms with E-state index in [-0.39, 0.29) is 0 Å². The number of hydrogen-bond acceptors (Lipinski definition) is 3. The summed E-state index contributed by atoms with van der Waals surface area (Å²) in [5.41, 5.74) is 1.08. The molecule has 0 saturated carbocycles. The average Bonchev–Trinajstić information content (AvgIpc) is 2.61. The molecule has 4 nitrogen and oxygen atoms in total. The summed E-state index contributed by atoms with van der Waals surface area (Å²) in [5, 5.41) is 3.56. The number of aromatic nitrogens is 2. The Labute approximate surface area is 104 Å². The van der Waals surface area contributed by atoms with Crippen molar-refractivity contribution in [2.45, 2.75) is 39.2 Å². The van der Waals surface area contributed by atoms with Crippen molar-refractivity contribution in [3.05, 3.63) is 11.9 Å². The minimum absolute atomic E-state index is 0.587. The van der Waals surface area contributed by atoms with E-state index in [0.29, 0.717) is 6.04 Å². The lowest BCUT2D eigenvalue weighted by Gasteiger charge is -2.32. The Balaban J connectivity index is 1.84. The third-order valence-electron chi connectivity index (χ3n) is 3.46. The van der Waals surface area contributed by atoms with Crippen LogP contribution in [-0.2, 0) is 7.05 Å². The van der Waals surface area contributed by atoms with E-state index >= 15 is 0 Å². The summed E-state index contributed by atoms with van der Waals surface area (Å²) in [5.74, 6) is 1.01. The molecule has 96 valence electrons. The first-order chi connectivity index (χ1) is 8.19. The van der Waals surface area contributed by atoms with Crippen LogP contribution in [0.1, 0.15) is 31.9 Å². The third-order valence-corrected chi connectivity index (χ3v) is 3.46. The van der Waals surface area contributed by atoms with Crippen LogP contribution in [0, 0.1) is 6.92 Å². The van der Waals surface area contributed by atoms with Gasteiger partial charge >= 0.3 is 0 Å². The summed E-state index contributed by atoms with van der Waals surface area (Å²) >= 11 is 0. The van der Waals surface area contributed by atoms with Gasteiger partial charge in [-0.25, -0.2) is 4.98 Å². The lowest BCUT2D eigenvalue weighted by molar-refractivity contribution is 0.219. The predicted octanol–water partition coefficient (Wildman–Crippen LogP) is 2.01. The molecular formula is C13H24N4. The number of likely N-dealkylation sites (tertiary alicyclic amines) is 1. The zero-order valence-corrected chi connectivity index (χ0v) is 11.2. The fourth-order valence-corrected chi connectivity index (χ4v) is 2.55.